The summed E-state index contributed by atoms with van der Waals surface area (Å²) in [6, 6.07) is 0. The van der Waals surface area contributed by atoms with Crippen LogP contribution in [-0.4, -0.2) is 27.7 Å². The minimum Gasteiger partial charge on any atom is -0.365 e. The van der Waals surface area contributed by atoms with Gasteiger partial charge in [0.15, 0.2) is 0 Å². The molecule has 0 unspecified atom stereocenters. The fourth-order valence-corrected chi connectivity index (χ4v) is 2.55. The van der Waals surface area contributed by atoms with Crippen molar-refractivity contribution in [3.8, 4) is 0 Å². The van der Waals surface area contributed by atoms with E-state index in [2.05, 4.69) is 10.3 Å². The summed E-state index contributed by atoms with van der Waals surface area (Å²) in [5.41, 5.74) is -0.597. The highest BCUT2D eigenvalue weighted by molar-refractivity contribution is 5.85. The second-order valence-corrected chi connectivity index (χ2v) is 4.77. The van der Waals surface area contributed by atoms with Crippen molar-refractivity contribution in [1.29, 1.82) is 0 Å². The number of imidazole rings is 1. The molecule has 1 aliphatic rings. The zero-order valence-corrected chi connectivity index (χ0v) is 11.1. The van der Waals surface area contributed by atoms with Crippen molar-refractivity contribution >= 4 is 5.91 Å². The van der Waals surface area contributed by atoms with Crippen molar-refractivity contribution in [2.75, 3.05) is 6.61 Å². The van der Waals surface area contributed by atoms with Gasteiger partial charge in [-0.1, -0.05) is 0 Å². The average Bonchev–Trinajstić information content (AvgIpc) is 2.97. The lowest BCUT2D eigenvalue weighted by atomic mass is 10.0. The summed E-state index contributed by atoms with van der Waals surface area (Å²) < 4.78 is 7.62. The Morgan fingerprint density at radius 1 is 1.56 bits per heavy atom. The lowest BCUT2D eigenvalue weighted by Crippen LogP contribution is -2.46. The van der Waals surface area contributed by atoms with Gasteiger partial charge < -0.3 is 14.6 Å². The molecule has 5 nitrogen and oxygen atoms in total. The SMILES string of the molecule is CCOC1(C(=O)NCc2nccn2C)CCCC1. The maximum atomic E-state index is 12.3. The molecule has 1 aromatic heterocycles. The molecule has 1 saturated carbocycles. The Kier molecular flexibility index (Phi) is 4.01. The van der Waals surface area contributed by atoms with Crippen molar-refractivity contribution in [2.24, 2.45) is 7.05 Å². The maximum Gasteiger partial charge on any atom is 0.252 e. The third kappa shape index (κ3) is 2.56. The molecule has 0 spiro atoms. The Morgan fingerprint density at radius 3 is 2.83 bits per heavy atom. The molecule has 0 atom stereocenters. The molecule has 2 rings (SSSR count). The third-order valence-corrected chi connectivity index (χ3v) is 3.57. The number of aromatic nitrogens is 2. The highest BCUT2D eigenvalue weighted by atomic mass is 16.5. The van der Waals surface area contributed by atoms with E-state index in [1.54, 1.807) is 6.20 Å². The summed E-state index contributed by atoms with van der Waals surface area (Å²) in [5, 5.41) is 2.95. The minimum absolute atomic E-state index is 0.00449. The molecule has 0 saturated heterocycles. The van der Waals surface area contributed by atoms with E-state index in [0.29, 0.717) is 13.2 Å². The molecule has 1 aromatic rings. The normalized spacial score (nSPS) is 17.9. The van der Waals surface area contributed by atoms with Crippen LogP contribution in [0.25, 0.3) is 0 Å². The van der Waals surface area contributed by atoms with Gasteiger partial charge in [0, 0.05) is 26.0 Å². The molecule has 100 valence electrons. The van der Waals surface area contributed by atoms with E-state index in [-0.39, 0.29) is 5.91 Å². The second-order valence-electron chi connectivity index (χ2n) is 4.77. The van der Waals surface area contributed by atoms with Crippen LogP contribution < -0.4 is 5.32 Å². The van der Waals surface area contributed by atoms with Crippen molar-refractivity contribution in [2.45, 2.75) is 44.8 Å². The fourth-order valence-electron chi connectivity index (χ4n) is 2.55. The van der Waals surface area contributed by atoms with E-state index in [0.717, 1.165) is 31.5 Å². The summed E-state index contributed by atoms with van der Waals surface area (Å²) >= 11 is 0. The van der Waals surface area contributed by atoms with Gasteiger partial charge in [0.25, 0.3) is 5.91 Å². The smallest absolute Gasteiger partial charge is 0.252 e. The molecule has 1 aliphatic carbocycles. The van der Waals surface area contributed by atoms with Gasteiger partial charge in [0.05, 0.1) is 6.54 Å². The number of hydrogen-bond donors (Lipinski definition) is 1. The van der Waals surface area contributed by atoms with Crippen molar-refractivity contribution in [1.82, 2.24) is 14.9 Å². The van der Waals surface area contributed by atoms with Gasteiger partial charge in [0.1, 0.15) is 11.4 Å². The number of nitrogens with zero attached hydrogens (tertiary/aromatic N) is 2. The van der Waals surface area contributed by atoms with Gasteiger partial charge in [-0.2, -0.15) is 0 Å². The molecule has 0 radical (unpaired) electrons. The van der Waals surface area contributed by atoms with Crippen LogP contribution in [0.3, 0.4) is 0 Å². The predicted molar refractivity (Wildman–Crippen MR) is 67.9 cm³/mol. The van der Waals surface area contributed by atoms with Crippen LogP contribution in [0, 0.1) is 0 Å². The van der Waals surface area contributed by atoms with Gasteiger partial charge >= 0.3 is 0 Å². The summed E-state index contributed by atoms with van der Waals surface area (Å²) in [7, 11) is 1.92. The summed E-state index contributed by atoms with van der Waals surface area (Å²) in [4.78, 5) is 16.5. The fraction of sp³-hybridized carbons (Fsp3) is 0.692. The summed E-state index contributed by atoms with van der Waals surface area (Å²) in [6.07, 6.45) is 7.39. The minimum atomic E-state index is -0.597. The van der Waals surface area contributed by atoms with Crippen molar-refractivity contribution in [3.63, 3.8) is 0 Å². The highest BCUT2D eigenvalue weighted by Crippen LogP contribution is 2.33. The number of rotatable bonds is 5. The quantitative estimate of drug-likeness (QED) is 0.860. The lowest BCUT2D eigenvalue weighted by Gasteiger charge is -2.27. The van der Waals surface area contributed by atoms with E-state index in [9.17, 15) is 4.79 Å². The highest BCUT2D eigenvalue weighted by Gasteiger charge is 2.41. The van der Waals surface area contributed by atoms with Gasteiger partial charge in [-0.3, -0.25) is 4.79 Å². The number of carbonyl (C=O) groups is 1. The first-order valence-corrected chi connectivity index (χ1v) is 6.56. The number of nitrogens with one attached hydrogen (secondary N) is 1. The molecule has 5 heteroatoms. The van der Waals surface area contributed by atoms with E-state index in [1.807, 2.05) is 24.7 Å². The van der Waals surface area contributed by atoms with Gasteiger partial charge in [-0.25, -0.2) is 4.98 Å². The van der Waals surface area contributed by atoms with E-state index >= 15 is 0 Å². The number of hydrogen-bond acceptors (Lipinski definition) is 3. The lowest BCUT2D eigenvalue weighted by molar-refractivity contribution is -0.146. The number of aryl methyl sites for hydroxylation is 1. The standard InChI is InChI=1S/C13H21N3O2/c1-3-18-13(6-4-5-7-13)12(17)15-10-11-14-8-9-16(11)2/h8-9H,3-7,10H2,1-2H3,(H,15,17). The Labute approximate surface area is 108 Å². The molecule has 1 fully saturated rings. The van der Waals surface area contributed by atoms with Crippen LogP contribution in [0.2, 0.25) is 0 Å². The average molecular weight is 251 g/mol. The molecule has 1 amide bonds. The monoisotopic (exact) mass is 251 g/mol. The van der Waals surface area contributed by atoms with E-state index in [1.165, 1.54) is 0 Å². The zero-order chi connectivity index (χ0) is 13.0. The van der Waals surface area contributed by atoms with E-state index in [4.69, 9.17) is 4.74 Å². The third-order valence-electron chi connectivity index (χ3n) is 3.57. The Morgan fingerprint density at radius 2 is 2.28 bits per heavy atom. The van der Waals surface area contributed by atoms with Crippen LogP contribution in [0.1, 0.15) is 38.4 Å². The first-order chi connectivity index (χ1) is 8.68. The van der Waals surface area contributed by atoms with Gasteiger partial charge in [-0.15, -0.1) is 0 Å². The summed E-state index contributed by atoms with van der Waals surface area (Å²) in [5.74, 6) is 0.859. The van der Waals surface area contributed by atoms with Crippen molar-refractivity contribution in [3.05, 3.63) is 18.2 Å². The number of amides is 1. The van der Waals surface area contributed by atoms with Gasteiger partial charge in [-0.05, 0) is 32.6 Å². The molecule has 18 heavy (non-hydrogen) atoms. The molecule has 1 N–H and O–H groups in total. The maximum absolute atomic E-state index is 12.3. The first kappa shape index (κ1) is 13.1. The molecule has 0 bridgehead atoms. The predicted octanol–water partition coefficient (Wildman–Crippen LogP) is 1.39. The second kappa shape index (κ2) is 5.52. The number of carbonyl (C=O) groups excluding carboxylic acids is 1. The Hall–Kier alpha value is -1.36. The zero-order valence-electron chi connectivity index (χ0n) is 11.1. The summed E-state index contributed by atoms with van der Waals surface area (Å²) in [6.45, 7) is 2.97. The van der Waals surface area contributed by atoms with Crippen LogP contribution >= 0.6 is 0 Å². The van der Waals surface area contributed by atoms with E-state index < -0.39 is 5.60 Å². The van der Waals surface area contributed by atoms with Crippen LogP contribution in [0.4, 0.5) is 0 Å². The van der Waals surface area contributed by atoms with Crippen LogP contribution in [0.5, 0.6) is 0 Å². The Balaban J connectivity index is 1.96. The molecule has 0 aromatic carbocycles. The van der Waals surface area contributed by atoms with Crippen molar-refractivity contribution < 1.29 is 9.53 Å². The molecule has 0 aliphatic heterocycles. The largest absolute Gasteiger partial charge is 0.365 e. The van der Waals surface area contributed by atoms with Crippen LogP contribution in [0.15, 0.2) is 12.4 Å². The molecular weight excluding hydrogens is 230 g/mol. The molecular formula is C13H21N3O2. The topological polar surface area (TPSA) is 56.1 Å². The van der Waals surface area contributed by atoms with Gasteiger partial charge in [0.2, 0.25) is 0 Å². The molecule has 1 heterocycles. The number of ether oxygens (including phenoxy) is 1. The first-order valence-electron chi connectivity index (χ1n) is 6.56. The van der Waals surface area contributed by atoms with Crippen LogP contribution in [-0.2, 0) is 23.1 Å². The Bertz CT molecular complexity index is 408.